The van der Waals surface area contributed by atoms with Crippen molar-refractivity contribution < 1.29 is 0 Å². The fourth-order valence-corrected chi connectivity index (χ4v) is 3.37. The molecule has 0 saturated heterocycles. The second-order valence-corrected chi connectivity index (χ2v) is 5.95. The highest BCUT2D eigenvalue weighted by molar-refractivity contribution is 6.42. The van der Waals surface area contributed by atoms with E-state index in [1.807, 2.05) is 12.1 Å². The van der Waals surface area contributed by atoms with E-state index in [1.165, 1.54) is 24.8 Å². The molecule has 4 heteroatoms. The van der Waals surface area contributed by atoms with Crippen molar-refractivity contribution in [1.82, 2.24) is 0 Å². The van der Waals surface area contributed by atoms with E-state index < -0.39 is 0 Å². The van der Waals surface area contributed by atoms with Gasteiger partial charge >= 0.3 is 0 Å². The summed E-state index contributed by atoms with van der Waals surface area (Å²) < 4.78 is 0. The van der Waals surface area contributed by atoms with E-state index in [4.69, 9.17) is 28.9 Å². The topological polar surface area (TPSA) is 26.0 Å². The van der Waals surface area contributed by atoms with Crippen LogP contribution in [0.3, 0.4) is 0 Å². The zero-order valence-corrected chi connectivity index (χ0v) is 12.9. The number of rotatable bonds is 2. The van der Waals surface area contributed by atoms with E-state index in [0.29, 0.717) is 22.5 Å². The molecule has 0 aliphatic heterocycles. The standard InChI is InChI=1S/C14H19Cl2N.ClH/c1-10-4-2-3-7-14(10,9-17)11-5-6-12(15)13(16)8-11;/h5-6,8,10H,2-4,7,9,17H2,1H3;1H/t10-,14+;/m0./s1. The molecule has 0 amide bonds. The van der Waals surface area contributed by atoms with Crippen molar-refractivity contribution in [3.63, 3.8) is 0 Å². The van der Waals surface area contributed by atoms with Crippen LogP contribution in [0.5, 0.6) is 0 Å². The van der Waals surface area contributed by atoms with Crippen LogP contribution < -0.4 is 5.73 Å². The summed E-state index contributed by atoms with van der Waals surface area (Å²) in [7, 11) is 0. The Kier molecular flexibility index (Phi) is 5.79. The summed E-state index contributed by atoms with van der Waals surface area (Å²) in [5.74, 6) is 0.610. The van der Waals surface area contributed by atoms with Crippen LogP contribution in [-0.2, 0) is 5.41 Å². The molecule has 2 atom stereocenters. The van der Waals surface area contributed by atoms with Crippen LogP contribution in [0.2, 0.25) is 10.0 Å². The molecule has 18 heavy (non-hydrogen) atoms. The third-order valence-electron chi connectivity index (χ3n) is 4.31. The van der Waals surface area contributed by atoms with Gasteiger partial charge in [0.15, 0.2) is 0 Å². The monoisotopic (exact) mass is 307 g/mol. The number of nitrogens with two attached hydrogens (primary N) is 1. The zero-order chi connectivity index (χ0) is 12.5. The van der Waals surface area contributed by atoms with Crippen molar-refractivity contribution in [2.24, 2.45) is 11.7 Å². The van der Waals surface area contributed by atoms with Crippen LogP contribution in [0.15, 0.2) is 18.2 Å². The largest absolute Gasteiger partial charge is 0.330 e. The van der Waals surface area contributed by atoms with E-state index in [-0.39, 0.29) is 17.8 Å². The average molecular weight is 309 g/mol. The van der Waals surface area contributed by atoms with Gasteiger partial charge in [0.1, 0.15) is 0 Å². The normalized spacial score (nSPS) is 27.7. The van der Waals surface area contributed by atoms with E-state index in [2.05, 4.69) is 13.0 Å². The summed E-state index contributed by atoms with van der Waals surface area (Å²) in [4.78, 5) is 0. The minimum Gasteiger partial charge on any atom is -0.330 e. The van der Waals surface area contributed by atoms with E-state index in [1.54, 1.807) is 0 Å². The molecule has 0 aromatic heterocycles. The summed E-state index contributed by atoms with van der Waals surface area (Å²) in [5.41, 5.74) is 7.41. The van der Waals surface area contributed by atoms with Gasteiger partial charge in [-0.05, 0) is 36.5 Å². The fourth-order valence-electron chi connectivity index (χ4n) is 3.07. The van der Waals surface area contributed by atoms with E-state index >= 15 is 0 Å². The first-order chi connectivity index (χ1) is 8.10. The molecule has 1 aliphatic rings. The molecule has 0 spiro atoms. The Hall–Kier alpha value is 0.0500. The molecule has 1 aliphatic carbocycles. The number of halogens is 3. The Bertz CT molecular complexity index is 408. The predicted molar refractivity (Wildman–Crippen MR) is 82.1 cm³/mol. The molecule has 1 nitrogen and oxygen atoms in total. The molecular weight excluding hydrogens is 289 g/mol. The summed E-state index contributed by atoms with van der Waals surface area (Å²) in [5, 5.41) is 1.25. The molecule has 1 aromatic rings. The molecule has 1 aromatic carbocycles. The van der Waals surface area contributed by atoms with Crippen LogP contribution in [0, 0.1) is 5.92 Å². The van der Waals surface area contributed by atoms with Crippen molar-refractivity contribution in [3.05, 3.63) is 33.8 Å². The minimum absolute atomic E-state index is 0. The first-order valence-corrected chi connectivity index (χ1v) is 7.01. The molecule has 102 valence electrons. The van der Waals surface area contributed by atoms with Gasteiger partial charge in [-0.25, -0.2) is 0 Å². The molecule has 1 saturated carbocycles. The van der Waals surface area contributed by atoms with Crippen molar-refractivity contribution >= 4 is 35.6 Å². The second kappa shape index (κ2) is 6.47. The molecule has 0 radical (unpaired) electrons. The third kappa shape index (κ3) is 2.80. The highest BCUT2D eigenvalue weighted by Gasteiger charge is 2.38. The first-order valence-electron chi connectivity index (χ1n) is 6.26. The minimum atomic E-state index is 0. The van der Waals surface area contributed by atoms with Crippen molar-refractivity contribution in [1.29, 1.82) is 0 Å². The first kappa shape index (κ1) is 16.1. The molecule has 0 unspecified atom stereocenters. The highest BCUT2D eigenvalue weighted by Crippen LogP contribution is 2.44. The van der Waals surface area contributed by atoms with Crippen LogP contribution >= 0.6 is 35.6 Å². The van der Waals surface area contributed by atoms with Crippen LogP contribution in [-0.4, -0.2) is 6.54 Å². The second-order valence-electron chi connectivity index (χ2n) is 5.14. The Labute approximate surface area is 125 Å². The predicted octanol–water partition coefficient (Wildman–Crippen LogP) is 4.82. The van der Waals surface area contributed by atoms with Gasteiger partial charge in [-0.3, -0.25) is 0 Å². The van der Waals surface area contributed by atoms with Crippen molar-refractivity contribution in [2.45, 2.75) is 38.0 Å². The number of hydrogen-bond donors (Lipinski definition) is 1. The molecular formula is C14H20Cl3N. The van der Waals surface area contributed by atoms with E-state index in [9.17, 15) is 0 Å². The summed E-state index contributed by atoms with van der Waals surface area (Å²) >= 11 is 12.1. The zero-order valence-electron chi connectivity index (χ0n) is 10.6. The molecule has 2 rings (SSSR count). The highest BCUT2D eigenvalue weighted by atomic mass is 35.5. The number of hydrogen-bond acceptors (Lipinski definition) is 1. The van der Waals surface area contributed by atoms with Gasteiger partial charge in [0.2, 0.25) is 0 Å². The average Bonchev–Trinajstić information content (AvgIpc) is 2.34. The molecule has 0 heterocycles. The van der Waals surface area contributed by atoms with Crippen LogP contribution in [0.25, 0.3) is 0 Å². The Morgan fingerprint density at radius 1 is 1.28 bits per heavy atom. The molecule has 0 bridgehead atoms. The van der Waals surface area contributed by atoms with Crippen molar-refractivity contribution in [2.75, 3.05) is 6.54 Å². The van der Waals surface area contributed by atoms with Gasteiger partial charge in [0.05, 0.1) is 10.0 Å². The summed E-state index contributed by atoms with van der Waals surface area (Å²) in [6.07, 6.45) is 4.96. The van der Waals surface area contributed by atoms with Crippen LogP contribution in [0.1, 0.15) is 38.2 Å². The van der Waals surface area contributed by atoms with Crippen molar-refractivity contribution in [3.8, 4) is 0 Å². The Morgan fingerprint density at radius 2 is 2.00 bits per heavy atom. The maximum atomic E-state index is 6.13. The maximum Gasteiger partial charge on any atom is 0.0595 e. The Morgan fingerprint density at radius 3 is 2.56 bits per heavy atom. The smallest absolute Gasteiger partial charge is 0.0595 e. The SMILES string of the molecule is C[C@H]1CCCC[C@]1(CN)c1ccc(Cl)c(Cl)c1.Cl. The summed E-state index contributed by atoms with van der Waals surface area (Å²) in [6.45, 7) is 2.99. The van der Waals surface area contributed by atoms with Crippen LogP contribution in [0.4, 0.5) is 0 Å². The van der Waals surface area contributed by atoms with Gasteiger partial charge in [0.25, 0.3) is 0 Å². The quantitative estimate of drug-likeness (QED) is 0.832. The van der Waals surface area contributed by atoms with Gasteiger partial charge in [0, 0.05) is 12.0 Å². The maximum absolute atomic E-state index is 6.13. The van der Waals surface area contributed by atoms with Gasteiger partial charge < -0.3 is 5.73 Å². The molecule has 1 fully saturated rings. The lowest BCUT2D eigenvalue weighted by Crippen LogP contribution is -2.43. The third-order valence-corrected chi connectivity index (χ3v) is 5.05. The van der Waals surface area contributed by atoms with E-state index in [0.717, 1.165) is 6.42 Å². The lowest BCUT2D eigenvalue weighted by molar-refractivity contribution is 0.207. The van der Waals surface area contributed by atoms with Gasteiger partial charge in [-0.1, -0.05) is 49.0 Å². The lowest BCUT2D eigenvalue weighted by atomic mass is 9.63. The fraction of sp³-hybridized carbons (Fsp3) is 0.571. The van der Waals surface area contributed by atoms with Gasteiger partial charge in [-0.15, -0.1) is 12.4 Å². The van der Waals surface area contributed by atoms with Gasteiger partial charge in [-0.2, -0.15) is 0 Å². The summed E-state index contributed by atoms with van der Waals surface area (Å²) in [6, 6.07) is 5.97. The number of benzene rings is 1. The molecule has 2 N–H and O–H groups in total. The lowest BCUT2D eigenvalue weighted by Gasteiger charge is -2.42. The Balaban J connectivity index is 0.00000162.